The number of nitrogens with one attached hydrogen (secondary N) is 1. The van der Waals surface area contributed by atoms with Crippen molar-refractivity contribution in [3.8, 4) is 6.07 Å². The van der Waals surface area contributed by atoms with Gasteiger partial charge in [0.05, 0.1) is 5.75 Å². The second kappa shape index (κ2) is 5.93. The summed E-state index contributed by atoms with van der Waals surface area (Å²) in [5.41, 5.74) is 0. The summed E-state index contributed by atoms with van der Waals surface area (Å²) in [6.45, 7) is 3.16. The average molecular weight is 287 g/mol. The van der Waals surface area contributed by atoms with Crippen molar-refractivity contribution in [3.63, 3.8) is 0 Å². The molecule has 1 rings (SSSR count). The molecular weight excluding hydrogens is 274 g/mol. The van der Waals surface area contributed by atoms with E-state index in [1.807, 2.05) is 13.0 Å². The van der Waals surface area contributed by atoms with E-state index in [4.69, 9.17) is 5.26 Å². The molecular formula is C10H13N3O3S2. The quantitative estimate of drug-likeness (QED) is 0.885. The molecule has 8 heteroatoms. The summed E-state index contributed by atoms with van der Waals surface area (Å²) in [5, 5.41) is 11.2. The molecule has 0 aliphatic heterocycles. The summed E-state index contributed by atoms with van der Waals surface area (Å²) in [4.78, 5) is 14.8. The van der Waals surface area contributed by atoms with E-state index in [-0.39, 0.29) is 20.8 Å². The molecule has 1 N–H and O–H groups in total. The number of sulfone groups is 1. The lowest BCUT2D eigenvalue weighted by Gasteiger charge is -1.98. The van der Waals surface area contributed by atoms with Gasteiger partial charge in [0.25, 0.3) is 0 Å². The molecule has 0 radical (unpaired) electrons. The Morgan fingerprint density at radius 1 is 1.56 bits per heavy atom. The molecule has 0 unspecified atom stereocenters. The monoisotopic (exact) mass is 287 g/mol. The zero-order valence-electron chi connectivity index (χ0n) is 10.1. The van der Waals surface area contributed by atoms with Gasteiger partial charge in [-0.3, -0.25) is 4.79 Å². The van der Waals surface area contributed by atoms with Gasteiger partial charge < -0.3 is 5.32 Å². The van der Waals surface area contributed by atoms with Crippen LogP contribution in [0.15, 0.2) is 4.34 Å². The second-order valence-electron chi connectivity index (χ2n) is 3.62. The standard InChI is InChI=1S/C10H13N3O3S2/c1-3-4-5-18(15,16)10-13-9(12-7(2)14)8(6-11)17-10/h3-5H2,1-2H3,(H,12,14). The van der Waals surface area contributed by atoms with Crippen LogP contribution >= 0.6 is 11.3 Å². The van der Waals surface area contributed by atoms with Crippen LogP contribution in [0.25, 0.3) is 0 Å². The van der Waals surface area contributed by atoms with E-state index in [2.05, 4.69) is 10.3 Å². The fourth-order valence-corrected chi connectivity index (χ4v) is 3.81. The fraction of sp³-hybridized carbons (Fsp3) is 0.500. The van der Waals surface area contributed by atoms with Gasteiger partial charge in [-0.2, -0.15) is 5.26 Å². The molecule has 0 aliphatic rings. The number of anilines is 1. The molecule has 0 aromatic carbocycles. The van der Waals surface area contributed by atoms with E-state index in [0.29, 0.717) is 6.42 Å². The van der Waals surface area contributed by atoms with Crippen LogP contribution in [-0.4, -0.2) is 25.1 Å². The molecule has 0 spiro atoms. The minimum atomic E-state index is -3.46. The summed E-state index contributed by atoms with van der Waals surface area (Å²) in [5.74, 6) is -0.374. The fourth-order valence-electron chi connectivity index (χ4n) is 1.18. The van der Waals surface area contributed by atoms with Crippen molar-refractivity contribution in [2.45, 2.75) is 31.0 Å². The minimum absolute atomic E-state index is 0.00138. The molecule has 0 saturated heterocycles. The van der Waals surface area contributed by atoms with Gasteiger partial charge in [0.15, 0.2) is 5.82 Å². The number of unbranched alkanes of at least 4 members (excludes halogenated alkanes) is 1. The van der Waals surface area contributed by atoms with Crippen LogP contribution in [0.1, 0.15) is 31.6 Å². The van der Waals surface area contributed by atoms with Crippen molar-refractivity contribution in [1.82, 2.24) is 4.98 Å². The molecule has 18 heavy (non-hydrogen) atoms. The second-order valence-corrected chi connectivity index (χ2v) is 6.90. The van der Waals surface area contributed by atoms with Gasteiger partial charge in [0.2, 0.25) is 20.1 Å². The van der Waals surface area contributed by atoms with Crippen LogP contribution in [0.4, 0.5) is 5.82 Å². The molecule has 0 bridgehead atoms. The van der Waals surface area contributed by atoms with Crippen molar-refractivity contribution >= 4 is 32.9 Å². The van der Waals surface area contributed by atoms with Crippen molar-refractivity contribution in [2.75, 3.05) is 11.1 Å². The first-order chi connectivity index (χ1) is 8.40. The third kappa shape index (κ3) is 3.51. The number of hydrogen-bond acceptors (Lipinski definition) is 6. The Bertz CT molecular complexity index is 584. The number of aromatic nitrogens is 1. The van der Waals surface area contributed by atoms with E-state index in [1.165, 1.54) is 6.92 Å². The summed E-state index contributed by atoms with van der Waals surface area (Å²) in [7, 11) is -3.46. The number of amides is 1. The van der Waals surface area contributed by atoms with E-state index < -0.39 is 15.7 Å². The molecule has 0 fully saturated rings. The maximum absolute atomic E-state index is 11.9. The predicted octanol–water partition coefficient (Wildman–Crippen LogP) is 1.55. The van der Waals surface area contributed by atoms with Gasteiger partial charge in [-0.05, 0) is 6.42 Å². The molecule has 98 valence electrons. The largest absolute Gasteiger partial charge is 0.309 e. The number of carbonyl (C=O) groups excluding carboxylic acids is 1. The van der Waals surface area contributed by atoms with Crippen LogP contribution in [0.2, 0.25) is 0 Å². The maximum Gasteiger partial charge on any atom is 0.222 e. The van der Waals surface area contributed by atoms with E-state index in [1.54, 1.807) is 0 Å². The first-order valence-corrected chi connectivity index (χ1v) is 7.79. The lowest BCUT2D eigenvalue weighted by atomic mass is 10.4. The van der Waals surface area contributed by atoms with Crippen LogP contribution in [0.3, 0.4) is 0 Å². The van der Waals surface area contributed by atoms with Crippen molar-refractivity contribution in [2.24, 2.45) is 0 Å². The average Bonchev–Trinajstić information content (AvgIpc) is 2.69. The molecule has 1 amide bonds. The van der Waals surface area contributed by atoms with Crippen LogP contribution in [-0.2, 0) is 14.6 Å². The highest BCUT2D eigenvalue weighted by Crippen LogP contribution is 2.26. The van der Waals surface area contributed by atoms with Crippen LogP contribution in [0, 0.1) is 11.3 Å². The third-order valence-corrected chi connectivity index (χ3v) is 5.25. The van der Waals surface area contributed by atoms with Crippen LogP contribution in [0.5, 0.6) is 0 Å². The Balaban J connectivity index is 3.09. The van der Waals surface area contributed by atoms with E-state index in [0.717, 1.165) is 17.8 Å². The molecule has 0 saturated carbocycles. The molecule has 6 nitrogen and oxygen atoms in total. The Hall–Kier alpha value is -1.46. The summed E-state index contributed by atoms with van der Waals surface area (Å²) in [6.07, 6.45) is 1.30. The number of thiazole rings is 1. The number of hydrogen-bond donors (Lipinski definition) is 1. The minimum Gasteiger partial charge on any atom is -0.309 e. The Kier molecular flexibility index (Phi) is 4.81. The van der Waals surface area contributed by atoms with Gasteiger partial charge in [-0.1, -0.05) is 24.7 Å². The molecule has 1 aromatic heterocycles. The highest BCUT2D eigenvalue weighted by atomic mass is 32.2. The van der Waals surface area contributed by atoms with Gasteiger partial charge in [-0.15, -0.1) is 0 Å². The van der Waals surface area contributed by atoms with Gasteiger partial charge in [0.1, 0.15) is 10.9 Å². The van der Waals surface area contributed by atoms with E-state index >= 15 is 0 Å². The zero-order valence-corrected chi connectivity index (χ0v) is 11.7. The number of carbonyl (C=O) groups is 1. The lowest BCUT2D eigenvalue weighted by molar-refractivity contribution is -0.114. The lowest BCUT2D eigenvalue weighted by Crippen LogP contribution is -2.09. The first kappa shape index (κ1) is 14.6. The van der Waals surface area contributed by atoms with Crippen molar-refractivity contribution in [3.05, 3.63) is 4.88 Å². The first-order valence-electron chi connectivity index (χ1n) is 5.32. The summed E-state index contributed by atoms with van der Waals surface area (Å²) < 4.78 is 23.7. The van der Waals surface area contributed by atoms with Crippen molar-refractivity contribution < 1.29 is 13.2 Å². The van der Waals surface area contributed by atoms with Crippen molar-refractivity contribution in [1.29, 1.82) is 5.26 Å². The number of nitrogens with zero attached hydrogens (tertiary/aromatic N) is 2. The van der Waals surface area contributed by atoms with Gasteiger partial charge in [0, 0.05) is 6.92 Å². The summed E-state index contributed by atoms with van der Waals surface area (Å²) >= 11 is 0.784. The Morgan fingerprint density at radius 2 is 2.22 bits per heavy atom. The third-order valence-electron chi connectivity index (χ3n) is 2.04. The molecule has 1 aromatic rings. The van der Waals surface area contributed by atoms with Crippen LogP contribution < -0.4 is 5.32 Å². The molecule has 1 heterocycles. The number of rotatable bonds is 5. The normalized spacial score (nSPS) is 10.9. The number of nitriles is 1. The smallest absolute Gasteiger partial charge is 0.222 e. The van der Waals surface area contributed by atoms with Gasteiger partial charge in [-0.25, -0.2) is 13.4 Å². The topological polar surface area (TPSA) is 99.9 Å². The predicted molar refractivity (Wildman–Crippen MR) is 68.1 cm³/mol. The zero-order chi connectivity index (χ0) is 13.8. The Labute approximate surface area is 110 Å². The van der Waals surface area contributed by atoms with E-state index in [9.17, 15) is 13.2 Å². The molecule has 0 atom stereocenters. The SMILES string of the molecule is CCCCS(=O)(=O)c1nc(NC(C)=O)c(C#N)s1. The molecule has 0 aliphatic carbocycles. The summed E-state index contributed by atoms with van der Waals surface area (Å²) in [6, 6.07) is 1.83. The maximum atomic E-state index is 11.9. The highest BCUT2D eigenvalue weighted by Gasteiger charge is 2.22. The highest BCUT2D eigenvalue weighted by molar-refractivity contribution is 7.93. The van der Waals surface area contributed by atoms with Gasteiger partial charge >= 0.3 is 0 Å². The Morgan fingerprint density at radius 3 is 2.72 bits per heavy atom.